The van der Waals surface area contributed by atoms with E-state index in [1.807, 2.05) is 0 Å². The molecule has 0 aliphatic carbocycles. The van der Waals surface area contributed by atoms with Gasteiger partial charge in [0.2, 0.25) is 10.0 Å². The molecule has 0 saturated heterocycles. The van der Waals surface area contributed by atoms with E-state index >= 15 is 0 Å². The molecule has 0 aliphatic heterocycles. The van der Waals surface area contributed by atoms with Gasteiger partial charge in [-0.3, -0.25) is 0 Å². The number of halogens is 1. The molecule has 1 rings (SSSR count). The summed E-state index contributed by atoms with van der Waals surface area (Å²) in [6, 6.07) is 4.09. The second kappa shape index (κ2) is 13.5. The van der Waals surface area contributed by atoms with Gasteiger partial charge < -0.3 is 23.8 Å². The summed E-state index contributed by atoms with van der Waals surface area (Å²) in [5, 5.41) is 0. The van der Waals surface area contributed by atoms with Crippen LogP contribution in [0.1, 0.15) is 5.56 Å². The molecule has 31 heavy (non-hydrogen) atoms. The van der Waals surface area contributed by atoms with Crippen molar-refractivity contribution in [2.24, 2.45) is 0 Å². The first kappa shape index (κ1) is 33.8. The minimum absolute atomic E-state index is 0. The Morgan fingerprint density at radius 3 is 2.03 bits per heavy atom. The molecule has 0 bridgehead atoms. The number of hydrogen-bond donors (Lipinski definition) is 0. The summed E-state index contributed by atoms with van der Waals surface area (Å²) < 4.78 is 63.8. The van der Waals surface area contributed by atoms with Gasteiger partial charge in [0.15, 0.2) is 0 Å². The Balaban J connectivity index is 0. The van der Waals surface area contributed by atoms with E-state index in [-0.39, 0.29) is 80.7 Å². The van der Waals surface area contributed by atoms with Gasteiger partial charge in [-0.2, -0.15) is 0 Å². The number of carbonyl (C=O) groups is 1. The summed E-state index contributed by atoms with van der Waals surface area (Å²) in [6.07, 6.45) is 1.33. The van der Waals surface area contributed by atoms with E-state index in [1.54, 1.807) is 0 Å². The van der Waals surface area contributed by atoms with Crippen molar-refractivity contribution in [1.82, 2.24) is 13.7 Å². The predicted octanol–water partition coefficient (Wildman–Crippen LogP) is -6.87. The zero-order chi connectivity index (χ0) is 22.6. The van der Waals surface area contributed by atoms with Gasteiger partial charge in [0.1, 0.15) is 13.6 Å². The maximum Gasteiger partial charge on any atom is 1.00 e. The van der Waals surface area contributed by atoms with Gasteiger partial charge in [-0.15, -0.1) is 16.0 Å². The van der Waals surface area contributed by atoms with Gasteiger partial charge in [-0.25, -0.2) is 21.6 Å². The monoisotopic (exact) mass is 537 g/mol. The van der Waals surface area contributed by atoms with E-state index in [9.17, 15) is 36.0 Å². The molecule has 0 fully saturated rings. The van der Waals surface area contributed by atoms with Gasteiger partial charge in [-0.1, -0.05) is 22.6 Å². The molecule has 1 aromatic rings. The van der Waals surface area contributed by atoms with Crippen molar-refractivity contribution in [1.29, 1.82) is 0 Å². The summed E-state index contributed by atoms with van der Waals surface area (Å²) in [7, 11) is -12.8. The van der Waals surface area contributed by atoms with E-state index in [0.717, 1.165) is 11.9 Å². The molecule has 0 aliphatic rings. The number of benzene rings is 1. The Morgan fingerprint density at radius 1 is 1.10 bits per heavy atom. The number of nitrogens with zero attached hydrogens (tertiary/aromatic N) is 3. The molecule has 166 valence electrons. The Hall–Kier alpha value is 0.590. The van der Waals surface area contributed by atoms with Gasteiger partial charge in [0, 0.05) is 25.0 Å². The zero-order valence-electron chi connectivity index (χ0n) is 17.6. The SMILES string of the molecule is CN(Cc1ccccc1OP(=O)([O-])[O-])C(=O)N(N(CCCl)S(C)(=O)=O)S(C)(=O)=O.[Na+].[Na+]. The third-order valence-corrected chi connectivity index (χ3v) is 6.04. The number of phosphoric acid groups is 1. The van der Waals surface area contributed by atoms with E-state index in [0.29, 0.717) is 16.9 Å². The maximum absolute atomic E-state index is 12.8. The van der Waals surface area contributed by atoms with E-state index in [4.69, 9.17) is 11.6 Å². The second-order valence-corrected chi connectivity index (χ2v) is 10.9. The molecule has 0 unspecified atom stereocenters. The standard InChI is InChI=1S/C13H21ClN3O9PS2.2Na/c1-15(10-11-6-4-5-7-12(11)26-27(19,20)21)13(18)17(29(3,24)25)16(9-8-14)28(2,22)23;;/h4-7H,8-10H2,1-3H3,(H2,19,20,21);;/q;2*+1/p-2. The van der Waals surface area contributed by atoms with Crippen LogP contribution in [0.4, 0.5) is 4.79 Å². The number of phosphoric ester groups is 1. The van der Waals surface area contributed by atoms with Crippen LogP contribution in [-0.2, 0) is 31.2 Å². The van der Waals surface area contributed by atoms with Crippen LogP contribution in [0.2, 0.25) is 0 Å². The Bertz CT molecular complexity index is 1010. The fraction of sp³-hybridized carbons (Fsp3) is 0.462. The number of amides is 2. The third kappa shape index (κ3) is 11.0. The van der Waals surface area contributed by atoms with Gasteiger partial charge >= 0.3 is 65.1 Å². The van der Waals surface area contributed by atoms with Crippen molar-refractivity contribution < 1.29 is 99.6 Å². The fourth-order valence-electron chi connectivity index (χ4n) is 2.18. The number of rotatable bonds is 9. The molecule has 12 nitrogen and oxygen atoms in total. The Kier molecular flexibility index (Phi) is 14.7. The minimum Gasteiger partial charge on any atom is -0.780 e. The van der Waals surface area contributed by atoms with Gasteiger partial charge in [-0.05, 0) is 6.07 Å². The first-order valence-electron chi connectivity index (χ1n) is 7.66. The topological polar surface area (TPSA) is 167 Å². The van der Waals surface area contributed by atoms with E-state index < -0.39 is 47.0 Å². The van der Waals surface area contributed by atoms with Crippen LogP contribution in [0.15, 0.2) is 24.3 Å². The van der Waals surface area contributed by atoms with Crippen molar-refractivity contribution in [2.75, 3.05) is 32.0 Å². The van der Waals surface area contributed by atoms with Crippen LogP contribution in [0, 0.1) is 0 Å². The largest absolute Gasteiger partial charge is 1.00 e. The van der Waals surface area contributed by atoms with E-state index in [1.165, 1.54) is 24.3 Å². The first-order valence-corrected chi connectivity index (χ1v) is 13.4. The molecule has 1 aromatic carbocycles. The van der Waals surface area contributed by atoms with Crippen LogP contribution in [0.25, 0.3) is 0 Å². The van der Waals surface area contributed by atoms with Crippen LogP contribution in [0.5, 0.6) is 5.75 Å². The molecule has 0 spiro atoms. The Morgan fingerprint density at radius 2 is 1.61 bits per heavy atom. The normalized spacial score (nSPS) is 11.8. The quantitative estimate of drug-likeness (QED) is 0.129. The summed E-state index contributed by atoms with van der Waals surface area (Å²) >= 11 is 5.54. The molecular formula is C13H19ClN3Na2O9PS2. The number of para-hydroxylation sites is 1. The van der Waals surface area contributed by atoms with Gasteiger partial charge in [0.25, 0.3) is 10.0 Å². The molecule has 18 heteroatoms. The number of hydrazine groups is 1. The zero-order valence-corrected chi connectivity index (χ0v) is 24.9. The molecule has 0 atom stereocenters. The number of carbonyl (C=O) groups excluding carboxylic acids is 1. The minimum atomic E-state index is -5.39. The van der Waals surface area contributed by atoms with Crippen LogP contribution in [-0.4, -0.2) is 68.6 Å². The average molecular weight is 538 g/mol. The van der Waals surface area contributed by atoms with Gasteiger partial charge in [0.05, 0.1) is 19.1 Å². The van der Waals surface area contributed by atoms with Crippen LogP contribution >= 0.6 is 19.4 Å². The van der Waals surface area contributed by atoms with Crippen LogP contribution in [0.3, 0.4) is 0 Å². The number of alkyl halides is 1. The maximum atomic E-state index is 12.8. The van der Waals surface area contributed by atoms with E-state index in [2.05, 4.69) is 4.52 Å². The number of hydrogen-bond acceptors (Lipinski definition) is 9. The molecule has 0 heterocycles. The predicted molar refractivity (Wildman–Crippen MR) is 100 cm³/mol. The summed E-state index contributed by atoms with van der Waals surface area (Å²) in [5.41, 5.74) is 0.0620. The smallest absolute Gasteiger partial charge is 0.780 e. The molecule has 0 saturated carbocycles. The molecule has 2 amide bonds. The molecule has 0 N–H and O–H groups in total. The third-order valence-electron chi connectivity index (χ3n) is 3.26. The summed E-state index contributed by atoms with van der Waals surface area (Å²) in [5.74, 6) is -0.651. The van der Waals surface area contributed by atoms with Crippen molar-refractivity contribution >= 4 is 45.5 Å². The first-order chi connectivity index (χ1) is 13.1. The number of sulfonamides is 2. The van der Waals surface area contributed by atoms with Crippen molar-refractivity contribution in [3.8, 4) is 5.75 Å². The van der Waals surface area contributed by atoms with Crippen molar-refractivity contribution in [3.05, 3.63) is 29.8 Å². The van der Waals surface area contributed by atoms with Crippen LogP contribution < -0.4 is 73.4 Å². The molecule has 0 radical (unpaired) electrons. The van der Waals surface area contributed by atoms with Crippen molar-refractivity contribution in [3.63, 3.8) is 0 Å². The average Bonchev–Trinajstić information content (AvgIpc) is 2.52. The Labute approximate surface area is 230 Å². The van der Waals surface area contributed by atoms with Crippen molar-refractivity contribution in [2.45, 2.75) is 6.54 Å². The second-order valence-electron chi connectivity index (χ2n) is 5.79. The summed E-state index contributed by atoms with van der Waals surface area (Å²) in [6.45, 7) is -0.901. The molecular weight excluding hydrogens is 519 g/mol. The number of urea groups is 1. The summed E-state index contributed by atoms with van der Waals surface area (Å²) in [4.78, 5) is 35.3. The molecule has 0 aromatic heterocycles. The fourth-order valence-corrected chi connectivity index (χ4v) is 5.18.